The Morgan fingerprint density at radius 1 is 1.45 bits per heavy atom. The van der Waals surface area contributed by atoms with Crippen LogP contribution in [0.4, 0.5) is 0 Å². The van der Waals surface area contributed by atoms with E-state index in [0.29, 0.717) is 6.54 Å². The van der Waals surface area contributed by atoms with Crippen LogP contribution in [0.2, 0.25) is 5.02 Å². The van der Waals surface area contributed by atoms with Gasteiger partial charge in [0.25, 0.3) is 0 Å². The first-order valence-electron chi connectivity index (χ1n) is 6.04. The lowest BCUT2D eigenvalue weighted by molar-refractivity contribution is -0.128. The monoisotopic (exact) mass is 319 g/mol. The third kappa shape index (κ3) is 4.17. The van der Waals surface area contributed by atoms with E-state index in [4.69, 9.17) is 17.3 Å². The summed E-state index contributed by atoms with van der Waals surface area (Å²) < 4.78 is 26.4. The van der Waals surface area contributed by atoms with Gasteiger partial charge in [-0.3, -0.25) is 4.79 Å². The standard InChI is InChI=1S/C12H18ClN3O3S/c1-3-16(2)12(17)8-15-20(18,19)11-5-4-9(7-14)6-10(11)13/h4-6,15H,3,7-8,14H2,1-2H3. The van der Waals surface area contributed by atoms with Crippen molar-refractivity contribution in [3.05, 3.63) is 28.8 Å². The molecule has 0 radical (unpaired) electrons. The number of nitrogens with two attached hydrogens (primary N) is 1. The zero-order valence-electron chi connectivity index (χ0n) is 11.4. The Kier molecular flexibility index (Phi) is 5.94. The van der Waals surface area contributed by atoms with Gasteiger partial charge >= 0.3 is 0 Å². The van der Waals surface area contributed by atoms with Gasteiger partial charge in [0.05, 0.1) is 11.6 Å². The van der Waals surface area contributed by atoms with Crippen LogP contribution in [0.3, 0.4) is 0 Å². The highest BCUT2D eigenvalue weighted by molar-refractivity contribution is 7.89. The molecule has 0 bridgehead atoms. The van der Waals surface area contributed by atoms with Gasteiger partial charge in [0.1, 0.15) is 4.90 Å². The van der Waals surface area contributed by atoms with Gasteiger partial charge in [-0.2, -0.15) is 0 Å². The second kappa shape index (κ2) is 7.03. The molecule has 1 aromatic carbocycles. The number of benzene rings is 1. The van der Waals surface area contributed by atoms with Crippen molar-refractivity contribution in [1.29, 1.82) is 0 Å². The minimum Gasteiger partial charge on any atom is -0.345 e. The fraction of sp³-hybridized carbons (Fsp3) is 0.417. The summed E-state index contributed by atoms with van der Waals surface area (Å²) in [5.41, 5.74) is 6.18. The van der Waals surface area contributed by atoms with Crippen LogP contribution < -0.4 is 10.5 Å². The quantitative estimate of drug-likeness (QED) is 0.801. The summed E-state index contributed by atoms with van der Waals surface area (Å²) in [6.07, 6.45) is 0. The molecule has 0 aliphatic carbocycles. The van der Waals surface area contributed by atoms with E-state index < -0.39 is 10.0 Å². The number of hydrogen-bond acceptors (Lipinski definition) is 4. The molecule has 0 aliphatic heterocycles. The van der Waals surface area contributed by atoms with Crippen molar-refractivity contribution in [3.8, 4) is 0 Å². The number of hydrogen-bond donors (Lipinski definition) is 2. The van der Waals surface area contributed by atoms with Crippen LogP contribution in [-0.4, -0.2) is 39.4 Å². The fourth-order valence-corrected chi connectivity index (χ4v) is 2.97. The molecule has 3 N–H and O–H groups in total. The number of rotatable bonds is 6. The minimum absolute atomic E-state index is 0.0664. The first-order chi connectivity index (χ1) is 9.31. The molecule has 112 valence electrons. The predicted octanol–water partition coefficient (Wildman–Crippen LogP) is 0.555. The Morgan fingerprint density at radius 3 is 2.60 bits per heavy atom. The van der Waals surface area contributed by atoms with Crippen molar-refractivity contribution in [2.75, 3.05) is 20.1 Å². The number of likely N-dealkylation sites (N-methyl/N-ethyl adjacent to an activating group) is 1. The zero-order chi connectivity index (χ0) is 15.3. The Labute approximate surface area is 123 Å². The van der Waals surface area contributed by atoms with Crippen molar-refractivity contribution < 1.29 is 13.2 Å². The van der Waals surface area contributed by atoms with Crippen LogP contribution in [-0.2, 0) is 21.4 Å². The molecule has 1 amide bonds. The van der Waals surface area contributed by atoms with E-state index in [1.807, 2.05) is 0 Å². The molecular formula is C12H18ClN3O3S. The van der Waals surface area contributed by atoms with Gasteiger partial charge in [0.2, 0.25) is 15.9 Å². The van der Waals surface area contributed by atoms with Gasteiger partial charge in [-0.15, -0.1) is 0 Å². The van der Waals surface area contributed by atoms with Crippen LogP contribution in [0.5, 0.6) is 0 Å². The third-order valence-electron chi connectivity index (χ3n) is 2.84. The molecule has 0 aliphatic rings. The maximum absolute atomic E-state index is 12.1. The van der Waals surface area contributed by atoms with E-state index in [0.717, 1.165) is 5.56 Å². The van der Waals surface area contributed by atoms with Crippen LogP contribution in [0.15, 0.2) is 23.1 Å². The number of nitrogens with one attached hydrogen (secondary N) is 1. The molecule has 0 saturated carbocycles. The summed E-state index contributed by atoms with van der Waals surface area (Å²) in [5, 5.41) is 0.0803. The molecule has 6 nitrogen and oxygen atoms in total. The van der Waals surface area contributed by atoms with Crippen molar-refractivity contribution in [2.45, 2.75) is 18.4 Å². The lowest BCUT2D eigenvalue weighted by Crippen LogP contribution is -2.38. The molecule has 1 rings (SSSR count). The van der Waals surface area contributed by atoms with Crippen molar-refractivity contribution in [2.24, 2.45) is 5.73 Å². The van der Waals surface area contributed by atoms with E-state index in [1.165, 1.54) is 17.0 Å². The first kappa shape index (κ1) is 16.9. The SMILES string of the molecule is CCN(C)C(=O)CNS(=O)(=O)c1ccc(CN)cc1Cl. The zero-order valence-corrected chi connectivity index (χ0v) is 13.0. The average Bonchev–Trinajstić information content (AvgIpc) is 2.43. The molecular weight excluding hydrogens is 302 g/mol. The van der Waals surface area contributed by atoms with E-state index in [9.17, 15) is 13.2 Å². The topological polar surface area (TPSA) is 92.5 Å². The molecule has 0 saturated heterocycles. The highest BCUT2D eigenvalue weighted by Crippen LogP contribution is 2.22. The lowest BCUT2D eigenvalue weighted by atomic mass is 10.2. The summed E-state index contributed by atoms with van der Waals surface area (Å²) in [7, 11) is -2.23. The van der Waals surface area contributed by atoms with Gasteiger partial charge in [0.15, 0.2) is 0 Å². The second-order valence-electron chi connectivity index (χ2n) is 4.20. The Morgan fingerprint density at radius 2 is 2.10 bits per heavy atom. The molecule has 0 spiro atoms. The molecule has 0 unspecified atom stereocenters. The molecule has 1 aromatic rings. The Hall–Kier alpha value is -1.15. The summed E-state index contributed by atoms with van der Waals surface area (Å²) in [5.74, 6) is -0.314. The number of sulfonamides is 1. The fourth-order valence-electron chi connectivity index (χ4n) is 1.44. The molecule has 8 heteroatoms. The van der Waals surface area contributed by atoms with Gasteiger partial charge in [-0.1, -0.05) is 17.7 Å². The van der Waals surface area contributed by atoms with Gasteiger partial charge in [-0.05, 0) is 24.6 Å². The van der Waals surface area contributed by atoms with Crippen molar-refractivity contribution in [1.82, 2.24) is 9.62 Å². The number of carbonyl (C=O) groups excluding carboxylic acids is 1. The van der Waals surface area contributed by atoms with Crippen molar-refractivity contribution in [3.63, 3.8) is 0 Å². The normalized spacial score (nSPS) is 11.4. The number of amides is 1. The highest BCUT2D eigenvalue weighted by atomic mass is 35.5. The van der Waals surface area contributed by atoms with E-state index in [-0.39, 0.29) is 28.9 Å². The van der Waals surface area contributed by atoms with Crippen LogP contribution in [0, 0.1) is 0 Å². The molecule has 0 fully saturated rings. The maximum atomic E-state index is 12.1. The minimum atomic E-state index is -3.82. The largest absolute Gasteiger partial charge is 0.345 e. The summed E-state index contributed by atoms with van der Waals surface area (Å²) in [4.78, 5) is 12.9. The molecule has 20 heavy (non-hydrogen) atoms. The van der Waals surface area contributed by atoms with Crippen LogP contribution in [0.25, 0.3) is 0 Å². The molecule has 0 atom stereocenters. The predicted molar refractivity (Wildman–Crippen MR) is 77.8 cm³/mol. The van der Waals surface area contributed by atoms with Gasteiger partial charge in [0, 0.05) is 20.1 Å². The maximum Gasteiger partial charge on any atom is 0.242 e. The first-order valence-corrected chi connectivity index (χ1v) is 7.90. The van der Waals surface area contributed by atoms with E-state index in [1.54, 1.807) is 20.0 Å². The number of nitrogens with zero attached hydrogens (tertiary/aromatic N) is 1. The Bertz CT molecular complexity index is 590. The van der Waals surface area contributed by atoms with Crippen LogP contribution >= 0.6 is 11.6 Å². The van der Waals surface area contributed by atoms with Gasteiger partial charge in [-0.25, -0.2) is 13.1 Å². The number of halogens is 1. The van der Waals surface area contributed by atoms with E-state index >= 15 is 0 Å². The second-order valence-corrected chi connectivity index (χ2v) is 6.34. The summed E-state index contributed by atoms with van der Waals surface area (Å²) in [6.45, 7) is 2.27. The highest BCUT2D eigenvalue weighted by Gasteiger charge is 2.19. The average molecular weight is 320 g/mol. The third-order valence-corrected chi connectivity index (χ3v) is 4.72. The van der Waals surface area contributed by atoms with Crippen molar-refractivity contribution >= 4 is 27.5 Å². The summed E-state index contributed by atoms with van der Waals surface area (Å²) in [6, 6.07) is 4.46. The Balaban J connectivity index is 2.87. The van der Waals surface area contributed by atoms with E-state index in [2.05, 4.69) is 4.72 Å². The summed E-state index contributed by atoms with van der Waals surface area (Å²) >= 11 is 5.93. The lowest BCUT2D eigenvalue weighted by Gasteiger charge is -2.15. The number of carbonyl (C=O) groups is 1. The molecule has 0 aromatic heterocycles. The smallest absolute Gasteiger partial charge is 0.242 e. The van der Waals surface area contributed by atoms with Crippen LogP contribution in [0.1, 0.15) is 12.5 Å². The van der Waals surface area contributed by atoms with Gasteiger partial charge < -0.3 is 10.6 Å². The molecule has 0 heterocycles.